The Morgan fingerprint density at radius 3 is 2.53 bits per heavy atom. The van der Waals surface area contributed by atoms with E-state index in [2.05, 4.69) is 15.3 Å². The van der Waals surface area contributed by atoms with Crippen molar-refractivity contribution in [3.05, 3.63) is 80.8 Å². The van der Waals surface area contributed by atoms with E-state index in [1.54, 1.807) is 43.3 Å². The molecular weight excluding hydrogens is 412 g/mol. The van der Waals surface area contributed by atoms with Gasteiger partial charge in [0, 0.05) is 26.0 Å². The Labute approximate surface area is 183 Å². The maximum Gasteiger partial charge on any atom is 0.332 e. The quantitative estimate of drug-likeness (QED) is 0.420. The van der Waals surface area contributed by atoms with Crippen LogP contribution < -0.4 is 21.3 Å². The summed E-state index contributed by atoms with van der Waals surface area (Å²) >= 11 is 0. The molecule has 0 amide bonds. The Morgan fingerprint density at radius 1 is 1.06 bits per heavy atom. The maximum absolute atomic E-state index is 13.5. The fourth-order valence-electron chi connectivity index (χ4n) is 3.59. The van der Waals surface area contributed by atoms with E-state index in [0.29, 0.717) is 23.8 Å². The minimum atomic E-state index is -0.459. The summed E-state index contributed by atoms with van der Waals surface area (Å²) in [6.07, 6.45) is 3.24. The van der Waals surface area contributed by atoms with Crippen LogP contribution in [0.5, 0.6) is 5.75 Å². The molecule has 10 heteroatoms. The van der Waals surface area contributed by atoms with Crippen LogP contribution in [-0.2, 0) is 20.1 Å². The van der Waals surface area contributed by atoms with Crippen LogP contribution >= 0.6 is 0 Å². The fraction of sp³-hybridized carbons (Fsp3) is 0.273. The van der Waals surface area contributed by atoms with Crippen LogP contribution in [0, 0.1) is 0 Å². The number of methoxy groups -OCH3 is 1. The highest BCUT2D eigenvalue weighted by Crippen LogP contribution is 2.20. The van der Waals surface area contributed by atoms with Gasteiger partial charge in [-0.1, -0.05) is 12.1 Å². The lowest BCUT2D eigenvalue weighted by atomic mass is 10.2. The van der Waals surface area contributed by atoms with E-state index in [-0.39, 0.29) is 25.3 Å². The Bertz CT molecular complexity index is 1360. The number of anilines is 1. The third-order valence-electron chi connectivity index (χ3n) is 5.19. The zero-order valence-electron chi connectivity index (χ0n) is 17.9. The molecule has 166 valence electrons. The zero-order valence-corrected chi connectivity index (χ0v) is 17.9. The van der Waals surface area contributed by atoms with Crippen molar-refractivity contribution in [2.75, 3.05) is 25.6 Å². The topological polar surface area (TPSA) is 116 Å². The molecule has 0 aliphatic carbocycles. The van der Waals surface area contributed by atoms with Gasteiger partial charge in [0.05, 0.1) is 26.8 Å². The summed E-state index contributed by atoms with van der Waals surface area (Å²) in [5.74, 6) is 1.09. The number of imidazole rings is 1. The molecule has 3 heterocycles. The first-order chi connectivity index (χ1) is 15.5. The SMILES string of the molecule is COc1cccc(Cn2c(NCCO)nc3c2c(=O)n(Cc2ccncc2)c(=O)n3C)c1. The number of pyridine rings is 1. The van der Waals surface area contributed by atoms with Crippen LogP contribution in [0.1, 0.15) is 11.1 Å². The van der Waals surface area contributed by atoms with Crippen LogP contribution in [0.15, 0.2) is 58.4 Å². The second kappa shape index (κ2) is 9.06. The fourth-order valence-corrected chi connectivity index (χ4v) is 3.59. The molecule has 0 unspecified atom stereocenters. The highest BCUT2D eigenvalue weighted by atomic mass is 16.5. The number of hydrogen-bond acceptors (Lipinski definition) is 7. The van der Waals surface area contributed by atoms with Gasteiger partial charge >= 0.3 is 5.69 Å². The number of aliphatic hydroxyl groups is 1. The summed E-state index contributed by atoms with van der Waals surface area (Å²) < 4.78 is 9.59. The second-order valence-corrected chi connectivity index (χ2v) is 7.28. The first kappa shape index (κ1) is 21.3. The predicted molar refractivity (Wildman–Crippen MR) is 120 cm³/mol. The van der Waals surface area contributed by atoms with Crippen molar-refractivity contribution in [2.45, 2.75) is 13.1 Å². The first-order valence-corrected chi connectivity index (χ1v) is 10.1. The molecule has 0 saturated carbocycles. The highest BCUT2D eigenvalue weighted by molar-refractivity contribution is 5.74. The van der Waals surface area contributed by atoms with Gasteiger partial charge in [-0.25, -0.2) is 4.79 Å². The van der Waals surface area contributed by atoms with Crippen LogP contribution in [0.25, 0.3) is 11.2 Å². The first-order valence-electron chi connectivity index (χ1n) is 10.1. The lowest BCUT2D eigenvalue weighted by Crippen LogP contribution is -2.40. The van der Waals surface area contributed by atoms with E-state index >= 15 is 0 Å². The molecule has 4 aromatic rings. The molecule has 0 bridgehead atoms. The third kappa shape index (κ3) is 4.00. The van der Waals surface area contributed by atoms with Crippen molar-refractivity contribution in [1.82, 2.24) is 23.7 Å². The van der Waals surface area contributed by atoms with Crippen LogP contribution in [0.4, 0.5) is 5.95 Å². The number of aromatic nitrogens is 5. The minimum absolute atomic E-state index is 0.104. The minimum Gasteiger partial charge on any atom is -0.497 e. The molecule has 0 aliphatic rings. The molecule has 3 aromatic heterocycles. The molecule has 0 atom stereocenters. The molecule has 0 spiro atoms. The second-order valence-electron chi connectivity index (χ2n) is 7.28. The molecule has 0 radical (unpaired) electrons. The van der Waals surface area contributed by atoms with Crippen LogP contribution in [0.3, 0.4) is 0 Å². The molecule has 10 nitrogen and oxygen atoms in total. The number of rotatable bonds is 8. The summed E-state index contributed by atoms with van der Waals surface area (Å²) in [7, 11) is 3.18. The van der Waals surface area contributed by atoms with Gasteiger partial charge in [-0.15, -0.1) is 0 Å². The number of fused-ring (bicyclic) bond motifs is 1. The van der Waals surface area contributed by atoms with Crippen LogP contribution in [-0.4, -0.2) is 49.0 Å². The lowest BCUT2D eigenvalue weighted by Gasteiger charge is -2.12. The van der Waals surface area contributed by atoms with Crippen molar-refractivity contribution in [2.24, 2.45) is 7.05 Å². The summed E-state index contributed by atoms with van der Waals surface area (Å²) in [4.78, 5) is 35.0. The van der Waals surface area contributed by atoms with Gasteiger partial charge < -0.3 is 15.2 Å². The van der Waals surface area contributed by atoms with E-state index in [1.807, 2.05) is 24.3 Å². The van der Waals surface area contributed by atoms with Gasteiger partial charge in [0.2, 0.25) is 5.95 Å². The molecule has 32 heavy (non-hydrogen) atoms. The van der Waals surface area contributed by atoms with Gasteiger partial charge in [0.25, 0.3) is 5.56 Å². The van der Waals surface area contributed by atoms with E-state index in [9.17, 15) is 14.7 Å². The Balaban J connectivity index is 1.91. The number of hydrogen-bond donors (Lipinski definition) is 2. The average Bonchev–Trinajstić information content (AvgIpc) is 3.18. The molecule has 2 N–H and O–H groups in total. The highest BCUT2D eigenvalue weighted by Gasteiger charge is 2.20. The lowest BCUT2D eigenvalue weighted by molar-refractivity contribution is 0.310. The average molecular weight is 436 g/mol. The number of ether oxygens (including phenoxy) is 1. The number of nitrogens with zero attached hydrogens (tertiary/aromatic N) is 5. The van der Waals surface area contributed by atoms with Gasteiger partial charge in [-0.3, -0.25) is 23.5 Å². The predicted octanol–water partition coefficient (Wildman–Crippen LogP) is 0.801. The van der Waals surface area contributed by atoms with E-state index in [4.69, 9.17) is 4.74 Å². The molecule has 0 saturated heterocycles. The van der Waals surface area contributed by atoms with Crippen molar-refractivity contribution >= 4 is 17.1 Å². The number of aryl methyl sites for hydroxylation is 1. The van der Waals surface area contributed by atoms with E-state index in [1.165, 1.54) is 9.13 Å². The maximum atomic E-state index is 13.5. The van der Waals surface area contributed by atoms with Gasteiger partial charge in [0.1, 0.15) is 5.75 Å². The molecule has 0 aliphatic heterocycles. The van der Waals surface area contributed by atoms with E-state index < -0.39 is 11.2 Å². The zero-order chi connectivity index (χ0) is 22.7. The molecule has 1 aromatic carbocycles. The standard InChI is InChI=1S/C22H24N6O4/c1-26-19-18(20(30)28(22(26)31)13-15-6-8-23-9-7-15)27(21(25-19)24-10-11-29)14-16-4-3-5-17(12-16)32-2/h3-9,12,29H,10-11,13-14H2,1-2H3,(H,24,25). The Kier molecular flexibility index (Phi) is 6.04. The molecular formula is C22H24N6O4. The van der Waals surface area contributed by atoms with Gasteiger partial charge in [-0.2, -0.15) is 4.98 Å². The van der Waals surface area contributed by atoms with Crippen LogP contribution in [0.2, 0.25) is 0 Å². The van der Waals surface area contributed by atoms with Crippen molar-refractivity contribution in [3.8, 4) is 5.75 Å². The van der Waals surface area contributed by atoms with Crippen molar-refractivity contribution in [3.63, 3.8) is 0 Å². The number of nitrogens with one attached hydrogen (secondary N) is 1. The Morgan fingerprint density at radius 2 is 1.81 bits per heavy atom. The monoisotopic (exact) mass is 436 g/mol. The number of aliphatic hydroxyl groups excluding tert-OH is 1. The summed E-state index contributed by atoms with van der Waals surface area (Å²) in [5, 5.41) is 12.3. The summed E-state index contributed by atoms with van der Waals surface area (Å²) in [6.45, 7) is 0.589. The smallest absolute Gasteiger partial charge is 0.332 e. The van der Waals surface area contributed by atoms with Crippen molar-refractivity contribution < 1.29 is 9.84 Å². The summed E-state index contributed by atoms with van der Waals surface area (Å²) in [6, 6.07) is 11.0. The number of benzene rings is 1. The largest absolute Gasteiger partial charge is 0.497 e. The summed E-state index contributed by atoms with van der Waals surface area (Å²) in [5.41, 5.74) is 1.35. The van der Waals surface area contributed by atoms with Crippen molar-refractivity contribution in [1.29, 1.82) is 0 Å². The third-order valence-corrected chi connectivity index (χ3v) is 5.19. The van der Waals surface area contributed by atoms with Gasteiger partial charge in [0.15, 0.2) is 11.2 Å². The Hall–Kier alpha value is -3.92. The van der Waals surface area contributed by atoms with Gasteiger partial charge in [-0.05, 0) is 35.4 Å². The molecule has 0 fully saturated rings. The van der Waals surface area contributed by atoms with E-state index in [0.717, 1.165) is 11.1 Å². The normalized spacial score (nSPS) is 11.1. The molecule has 4 rings (SSSR count).